The van der Waals surface area contributed by atoms with Gasteiger partial charge in [0.25, 0.3) is 6.43 Å². The highest BCUT2D eigenvalue weighted by Crippen LogP contribution is 2.21. The van der Waals surface area contributed by atoms with E-state index in [1.165, 1.54) is 0 Å². The number of nitrogens with zero attached hydrogens (tertiary/aromatic N) is 1. The number of ether oxygens (including phenoxy) is 1. The molecular weight excluding hydrogens is 263 g/mol. The van der Waals surface area contributed by atoms with E-state index >= 15 is 0 Å². The third kappa shape index (κ3) is 5.02. The summed E-state index contributed by atoms with van der Waals surface area (Å²) >= 11 is 0. The Balaban J connectivity index is 2.64. The van der Waals surface area contributed by atoms with Crippen LogP contribution in [0.1, 0.15) is 32.9 Å². The number of hydrogen-bond acceptors (Lipinski definition) is 4. The van der Waals surface area contributed by atoms with Gasteiger partial charge in [-0.05, 0) is 32.9 Å². The van der Waals surface area contributed by atoms with Gasteiger partial charge in [-0.15, -0.1) is 0 Å². The summed E-state index contributed by atoms with van der Waals surface area (Å²) in [5.41, 5.74) is 2.67. The second-order valence-electron chi connectivity index (χ2n) is 4.62. The molecule has 1 aromatic rings. The fourth-order valence-electron chi connectivity index (χ4n) is 1.10. The zero-order chi connectivity index (χ0) is 14.6. The third-order valence-corrected chi connectivity index (χ3v) is 1.77. The maximum absolute atomic E-state index is 13.0. The number of carbonyl (C=O) groups is 1. The molecule has 0 saturated carbocycles. The second-order valence-corrected chi connectivity index (χ2v) is 4.62. The van der Waals surface area contributed by atoms with Crippen molar-refractivity contribution in [2.45, 2.75) is 32.8 Å². The van der Waals surface area contributed by atoms with Gasteiger partial charge in [-0.3, -0.25) is 5.43 Å². The molecule has 1 amide bonds. The topological polar surface area (TPSA) is 63.2 Å². The quantitative estimate of drug-likeness (QED) is 0.834. The summed E-state index contributed by atoms with van der Waals surface area (Å²) in [5, 5.41) is 0. The van der Waals surface area contributed by atoms with Crippen LogP contribution in [0, 0.1) is 5.82 Å². The first-order valence-electron chi connectivity index (χ1n) is 5.38. The van der Waals surface area contributed by atoms with Gasteiger partial charge in [0.15, 0.2) is 5.82 Å². The minimum Gasteiger partial charge on any atom is -0.443 e. The van der Waals surface area contributed by atoms with Crippen molar-refractivity contribution in [1.29, 1.82) is 0 Å². The lowest BCUT2D eigenvalue weighted by Gasteiger charge is -2.20. The lowest BCUT2D eigenvalue weighted by Crippen LogP contribution is -2.36. The normalized spacial score (nSPS) is 11.3. The van der Waals surface area contributed by atoms with E-state index in [1.54, 1.807) is 20.8 Å². The van der Waals surface area contributed by atoms with E-state index in [2.05, 4.69) is 15.8 Å². The summed E-state index contributed by atoms with van der Waals surface area (Å²) in [7, 11) is 0. The Bertz CT molecular complexity index is 461. The molecule has 0 radical (unpaired) electrons. The van der Waals surface area contributed by atoms with Gasteiger partial charge in [-0.25, -0.2) is 28.4 Å². The van der Waals surface area contributed by atoms with Gasteiger partial charge in [0.2, 0.25) is 0 Å². The van der Waals surface area contributed by atoms with Crippen LogP contribution in [0.5, 0.6) is 0 Å². The minimum absolute atomic E-state index is 0.123. The first-order chi connectivity index (χ1) is 8.69. The second kappa shape index (κ2) is 5.77. The number of hydrogen-bond donors (Lipinski definition) is 2. The number of rotatable bonds is 3. The molecule has 0 unspecified atom stereocenters. The van der Waals surface area contributed by atoms with E-state index in [1.807, 2.05) is 0 Å². The lowest BCUT2D eigenvalue weighted by atomic mass is 10.2. The SMILES string of the molecule is CC(C)(C)OC(=O)NNc1ccc(F)c(C(F)F)n1. The number of hydrazine groups is 1. The predicted molar refractivity (Wildman–Crippen MR) is 62.1 cm³/mol. The van der Waals surface area contributed by atoms with E-state index in [-0.39, 0.29) is 5.82 Å². The van der Waals surface area contributed by atoms with Crippen LogP contribution in [0.15, 0.2) is 12.1 Å². The van der Waals surface area contributed by atoms with Gasteiger partial charge in [0.1, 0.15) is 17.1 Å². The Kier molecular flexibility index (Phi) is 4.57. The van der Waals surface area contributed by atoms with Gasteiger partial charge < -0.3 is 4.74 Å². The van der Waals surface area contributed by atoms with Gasteiger partial charge >= 0.3 is 6.09 Å². The largest absolute Gasteiger partial charge is 0.443 e. The fourth-order valence-corrected chi connectivity index (χ4v) is 1.10. The molecule has 0 aliphatic rings. The van der Waals surface area contributed by atoms with E-state index in [0.717, 1.165) is 12.1 Å². The molecule has 2 N–H and O–H groups in total. The highest BCUT2D eigenvalue weighted by molar-refractivity contribution is 5.69. The van der Waals surface area contributed by atoms with E-state index in [0.29, 0.717) is 0 Å². The van der Waals surface area contributed by atoms with Crippen LogP contribution in [0.4, 0.5) is 23.8 Å². The first-order valence-corrected chi connectivity index (χ1v) is 5.38. The van der Waals surface area contributed by atoms with Crippen molar-refractivity contribution in [3.63, 3.8) is 0 Å². The molecular formula is C11H14F3N3O2. The summed E-state index contributed by atoms with van der Waals surface area (Å²) < 4.78 is 42.6. The molecule has 0 saturated heterocycles. The number of amides is 1. The van der Waals surface area contributed by atoms with Gasteiger partial charge in [0.05, 0.1) is 0 Å². The number of aromatic nitrogens is 1. The van der Waals surface area contributed by atoms with Crippen molar-refractivity contribution in [3.05, 3.63) is 23.6 Å². The van der Waals surface area contributed by atoms with Crippen molar-refractivity contribution in [2.24, 2.45) is 0 Å². The molecule has 0 bridgehead atoms. The van der Waals surface area contributed by atoms with Crippen LogP contribution < -0.4 is 10.9 Å². The van der Waals surface area contributed by atoms with Crippen molar-refractivity contribution in [2.75, 3.05) is 5.43 Å². The molecule has 1 rings (SSSR count). The van der Waals surface area contributed by atoms with Crippen molar-refractivity contribution in [3.8, 4) is 0 Å². The van der Waals surface area contributed by atoms with Crippen LogP contribution in [-0.4, -0.2) is 16.7 Å². The van der Waals surface area contributed by atoms with Gasteiger partial charge in [-0.2, -0.15) is 0 Å². The molecule has 0 atom stereocenters. The summed E-state index contributed by atoms with van der Waals surface area (Å²) in [6.45, 7) is 4.99. The summed E-state index contributed by atoms with van der Waals surface area (Å²) in [6, 6.07) is 1.94. The molecule has 8 heteroatoms. The molecule has 0 aliphatic carbocycles. The Hall–Kier alpha value is -1.99. The number of nitrogens with one attached hydrogen (secondary N) is 2. The van der Waals surface area contributed by atoms with Gasteiger partial charge in [0, 0.05) is 0 Å². The Labute approximate surface area is 108 Å². The maximum Gasteiger partial charge on any atom is 0.426 e. The Morgan fingerprint density at radius 3 is 2.53 bits per heavy atom. The summed E-state index contributed by atoms with van der Waals surface area (Å²) in [6.07, 6.45) is -3.85. The van der Waals surface area contributed by atoms with E-state index in [9.17, 15) is 18.0 Å². The molecule has 1 heterocycles. The summed E-state index contributed by atoms with van der Waals surface area (Å²) in [5.74, 6) is -1.24. The van der Waals surface area contributed by atoms with Crippen LogP contribution in [0.3, 0.4) is 0 Å². The molecule has 106 valence electrons. The zero-order valence-corrected chi connectivity index (χ0v) is 10.6. The Morgan fingerprint density at radius 1 is 1.37 bits per heavy atom. The number of halogens is 3. The molecule has 1 aromatic heterocycles. The third-order valence-electron chi connectivity index (χ3n) is 1.77. The minimum atomic E-state index is -3.04. The summed E-state index contributed by atoms with van der Waals surface area (Å²) in [4.78, 5) is 14.6. The average Bonchev–Trinajstić information content (AvgIpc) is 2.25. The Morgan fingerprint density at radius 2 is 2.00 bits per heavy atom. The van der Waals surface area contributed by atoms with E-state index < -0.39 is 29.6 Å². The van der Waals surface area contributed by atoms with Crippen molar-refractivity contribution < 1.29 is 22.7 Å². The lowest BCUT2D eigenvalue weighted by molar-refractivity contribution is 0.0541. The first kappa shape index (κ1) is 15.1. The molecule has 0 aromatic carbocycles. The van der Waals surface area contributed by atoms with Crippen LogP contribution in [0.2, 0.25) is 0 Å². The smallest absolute Gasteiger partial charge is 0.426 e. The highest BCUT2D eigenvalue weighted by Gasteiger charge is 2.18. The molecule has 0 spiro atoms. The molecule has 0 fully saturated rings. The van der Waals surface area contributed by atoms with Crippen molar-refractivity contribution in [1.82, 2.24) is 10.4 Å². The van der Waals surface area contributed by atoms with Crippen LogP contribution >= 0.6 is 0 Å². The average molecular weight is 277 g/mol. The zero-order valence-electron chi connectivity index (χ0n) is 10.6. The molecule has 0 aliphatic heterocycles. The van der Waals surface area contributed by atoms with Crippen molar-refractivity contribution >= 4 is 11.9 Å². The predicted octanol–water partition coefficient (Wildman–Crippen LogP) is 3.01. The number of anilines is 1. The maximum atomic E-state index is 13.0. The van der Waals surface area contributed by atoms with E-state index in [4.69, 9.17) is 4.74 Å². The highest BCUT2D eigenvalue weighted by atomic mass is 19.3. The monoisotopic (exact) mass is 277 g/mol. The molecule has 5 nitrogen and oxygen atoms in total. The number of carbonyl (C=O) groups excluding carboxylic acids is 1. The number of pyridine rings is 1. The van der Waals surface area contributed by atoms with Gasteiger partial charge in [-0.1, -0.05) is 0 Å². The van der Waals surface area contributed by atoms with Crippen LogP contribution in [-0.2, 0) is 4.74 Å². The fraction of sp³-hybridized carbons (Fsp3) is 0.455. The van der Waals surface area contributed by atoms with Crippen LogP contribution in [0.25, 0.3) is 0 Å². The molecule has 19 heavy (non-hydrogen) atoms. The standard InChI is InChI=1S/C11H14F3N3O2/c1-11(2,3)19-10(18)17-16-7-5-4-6(12)8(15-7)9(13)14/h4-5,9H,1-3H3,(H,15,16)(H,17,18). The number of alkyl halides is 2.